The maximum absolute atomic E-state index is 13.8. The fourth-order valence-corrected chi connectivity index (χ4v) is 4.04. The minimum Gasteiger partial charge on any atom is -0.331 e. The van der Waals surface area contributed by atoms with Gasteiger partial charge in [-0.1, -0.05) is 31.4 Å². The van der Waals surface area contributed by atoms with Crippen LogP contribution in [0.4, 0.5) is 14.5 Å². The van der Waals surface area contributed by atoms with Crippen LogP contribution in [0, 0.1) is 11.6 Å². The molecule has 0 aromatic heterocycles. The number of carbonyl (C=O) groups excluding carboxylic acids is 2. The summed E-state index contributed by atoms with van der Waals surface area (Å²) in [6, 6.07) is 8.17. The van der Waals surface area contributed by atoms with Crippen LogP contribution in [-0.4, -0.2) is 22.8 Å². The summed E-state index contributed by atoms with van der Waals surface area (Å²) >= 11 is 0. The maximum Gasteiger partial charge on any atom is 0.256 e. The van der Waals surface area contributed by atoms with E-state index in [1.54, 1.807) is 12.1 Å². The van der Waals surface area contributed by atoms with Gasteiger partial charge in [-0.3, -0.25) is 9.59 Å². The van der Waals surface area contributed by atoms with Gasteiger partial charge in [-0.05, 0) is 36.6 Å². The minimum absolute atomic E-state index is 0.151. The zero-order valence-electron chi connectivity index (χ0n) is 14.8. The summed E-state index contributed by atoms with van der Waals surface area (Å²) in [5.41, 5.74) is 1.13. The molecule has 0 radical (unpaired) electrons. The molecule has 0 bridgehead atoms. The van der Waals surface area contributed by atoms with Gasteiger partial charge in [0.1, 0.15) is 11.6 Å². The number of nitrogens with zero attached hydrogens (tertiary/aromatic N) is 1. The first-order valence-electron chi connectivity index (χ1n) is 9.24. The Bertz CT molecular complexity index is 907. The van der Waals surface area contributed by atoms with Gasteiger partial charge in [0.15, 0.2) is 0 Å². The van der Waals surface area contributed by atoms with E-state index in [1.807, 2.05) is 11.0 Å². The van der Waals surface area contributed by atoms with E-state index in [1.165, 1.54) is 6.42 Å². The SMILES string of the molecule is O=C(Nc1cc(F)ccc1F)c1cccc2c1C(=O)N(C1CCCCC1)C2. The summed E-state index contributed by atoms with van der Waals surface area (Å²) in [6.07, 6.45) is 5.37. The van der Waals surface area contributed by atoms with Crippen molar-refractivity contribution in [2.24, 2.45) is 0 Å². The van der Waals surface area contributed by atoms with Crippen molar-refractivity contribution in [2.75, 3.05) is 5.32 Å². The number of carbonyl (C=O) groups is 2. The summed E-state index contributed by atoms with van der Waals surface area (Å²) in [5, 5.41) is 2.39. The summed E-state index contributed by atoms with van der Waals surface area (Å²) in [5.74, 6) is -2.14. The van der Waals surface area contributed by atoms with Crippen molar-refractivity contribution in [2.45, 2.75) is 44.7 Å². The number of amides is 2. The molecule has 2 aliphatic rings. The van der Waals surface area contributed by atoms with Crippen LogP contribution in [0.3, 0.4) is 0 Å². The lowest BCUT2D eigenvalue weighted by Crippen LogP contribution is -2.37. The molecular weight excluding hydrogens is 350 g/mol. The van der Waals surface area contributed by atoms with Gasteiger partial charge in [0, 0.05) is 18.7 Å². The molecule has 2 aromatic carbocycles. The van der Waals surface area contributed by atoms with Gasteiger partial charge < -0.3 is 10.2 Å². The average molecular weight is 370 g/mol. The lowest BCUT2D eigenvalue weighted by Gasteiger charge is -2.30. The number of halogens is 2. The molecule has 140 valence electrons. The van der Waals surface area contributed by atoms with Gasteiger partial charge in [0.05, 0.1) is 16.8 Å². The second-order valence-corrected chi connectivity index (χ2v) is 7.14. The zero-order chi connectivity index (χ0) is 19.0. The molecule has 1 saturated carbocycles. The van der Waals surface area contributed by atoms with Crippen molar-refractivity contribution in [3.63, 3.8) is 0 Å². The van der Waals surface area contributed by atoms with E-state index < -0.39 is 17.5 Å². The predicted molar refractivity (Wildman–Crippen MR) is 97.5 cm³/mol. The third kappa shape index (κ3) is 3.31. The molecule has 27 heavy (non-hydrogen) atoms. The van der Waals surface area contributed by atoms with Crippen molar-refractivity contribution < 1.29 is 18.4 Å². The number of rotatable bonds is 3. The van der Waals surface area contributed by atoms with Crippen LogP contribution >= 0.6 is 0 Å². The van der Waals surface area contributed by atoms with Crippen LogP contribution < -0.4 is 5.32 Å². The summed E-state index contributed by atoms with van der Waals surface area (Å²) < 4.78 is 27.2. The molecule has 0 atom stereocenters. The first kappa shape index (κ1) is 17.6. The van der Waals surface area contributed by atoms with Gasteiger partial charge in [-0.25, -0.2) is 8.78 Å². The molecule has 1 aliphatic carbocycles. The molecule has 1 N–H and O–H groups in total. The van der Waals surface area contributed by atoms with Crippen molar-refractivity contribution in [1.82, 2.24) is 4.90 Å². The van der Waals surface area contributed by atoms with Crippen molar-refractivity contribution in [3.8, 4) is 0 Å². The van der Waals surface area contributed by atoms with Gasteiger partial charge in [-0.15, -0.1) is 0 Å². The number of benzene rings is 2. The Labute approximate surface area is 156 Å². The molecule has 1 fully saturated rings. The summed E-state index contributed by atoms with van der Waals surface area (Å²) in [7, 11) is 0. The molecule has 6 heteroatoms. The highest BCUT2D eigenvalue weighted by atomic mass is 19.1. The lowest BCUT2D eigenvalue weighted by molar-refractivity contribution is 0.0657. The molecule has 4 rings (SSSR count). The molecule has 1 heterocycles. The van der Waals surface area contributed by atoms with Gasteiger partial charge in [-0.2, -0.15) is 0 Å². The fourth-order valence-electron chi connectivity index (χ4n) is 4.04. The van der Waals surface area contributed by atoms with Crippen LogP contribution in [0.1, 0.15) is 58.4 Å². The van der Waals surface area contributed by atoms with E-state index in [0.29, 0.717) is 12.1 Å². The van der Waals surface area contributed by atoms with Crippen LogP contribution in [0.15, 0.2) is 36.4 Å². The third-order valence-electron chi connectivity index (χ3n) is 5.40. The second-order valence-electron chi connectivity index (χ2n) is 7.14. The monoisotopic (exact) mass is 370 g/mol. The molecule has 2 aromatic rings. The van der Waals surface area contributed by atoms with Crippen molar-refractivity contribution >= 4 is 17.5 Å². The molecule has 2 amide bonds. The van der Waals surface area contributed by atoms with Crippen LogP contribution in [0.25, 0.3) is 0 Å². The zero-order valence-corrected chi connectivity index (χ0v) is 14.8. The Morgan fingerprint density at radius 1 is 1.07 bits per heavy atom. The number of anilines is 1. The van der Waals surface area contributed by atoms with Gasteiger partial charge >= 0.3 is 0 Å². The summed E-state index contributed by atoms with van der Waals surface area (Å²) in [4.78, 5) is 27.6. The third-order valence-corrected chi connectivity index (χ3v) is 5.40. The average Bonchev–Trinajstić information content (AvgIpc) is 3.02. The quantitative estimate of drug-likeness (QED) is 0.864. The van der Waals surface area contributed by atoms with Crippen LogP contribution in [-0.2, 0) is 6.54 Å². The Morgan fingerprint density at radius 2 is 1.85 bits per heavy atom. The highest BCUT2D eigenvalue weighted by Crippen LogP contribution is 2.33. The Morgan fingerprint density at radius 3 is 2.63 bits per heavy atom. The maximum atomic E-state index is 13.8. The normalized spacial score (nSPS) is 17.1. The predicted octanol–water partition coefficient (Wildman–Crippen LogP) is 4.51. The summed E-state index contributed by atoms with van der Waals surface area (Å²) in [6.45, 7) is 0.494. The standard InChI is InChI=1S/C21H20F2N2O2/c22-14-9-10-17(23)18(11-14)24-20(26)16-8-4-5-13-12-25(21(27)19(13)16)15-6-2-1-3-7-15/h4-5,8-11,15H,1-3,6-7,12H2,(H,24,26). The van der Waals surface area contributed by atoms with E-state index in [2.05, 4.69) is 5.32 Å². The Kier molecular flexibility index (Phi) is 4.64. The molecule has 0 saturated heterocycles. The lowest BCUT2D eigenvalue weighted by atomic mass is 9.94. The molecule has 0 spiro atoms. The fraction of sp³-hybridized carbons (Fsp3) is 0.333. The van der Waals surface area contributed by atoms with E-state index in [0.717, 1.165) is 49.4 Å². The Balaban J connectivity index is 1.61. The highest BCUT2D eigenvalue weighted by molar-refractivity contribution is 6.13. The van der Waals surface area contributed by atoms with E-state index in [9.17, 15) is 18.4 Å². The van der Waals surface area contributed by atoms with E-state index in [4.69, 9.17) is 0 Å². The van der Waals surface area contributed by atoms with Crippen molar-refractivity contribution in [1.29, 1.82) is 0 Å². The van der Waals surface area contributed by atoms with Gasteiger partial charge in [0.2, 0.25) is 0 Å². The van der Waals surface area contributed by atoms with E-state index in [-0.39, 0.29) is 23.2 Å². The number of hydrogen-bond acceptors (Lipinski definition) is 2. The number of hydrogen-bond donors (Lipinski definition) is 1. The minimum atomic E-state index is -0.729. The van der Waals surface area contributed by atoms with E-state index >= 15 is 0 Å². The second kappa shape index (κ2) is 7.10. The van der Waals surface area contributed by atoms with Crippen LogP contribution in [0.5, 0.6) is 0 Å². The smallest absolute Gasteiger partial charge is 0.256 e. The van der Waals surface area contributed by atoms with Gasteiger partial charge in [0.25, 0.3) is 11.8 Å². The molecule has 0 unspecified atom stereocenters. The topological polar surface area (TPSA) is 49.4 Å². The highest BCUT2D eigenvalue weighted by Gasteiger charge is 2.36. The number of fused-ring (bicyclic) bond motifs is 1. The largest absolute Gasteiger partial charge is 0.331 e. The number of nitrogens with one attached hydrogen (secondary N) is 1. The molecular formula is C21H20F2N2O2. The Hall–Kier alpha value is -2.76. The first-order valence-corrected chi connectivity index (χ1v) is 9.24. The van der Waals surface area contributed by atoms with Crippen LogP contribution in [0.2, 0.25) is 0 Å². The molecule has 1 aliphatic heterocycles. The first-order chi connectivity index (χ1) is 13.0. The molecule has 4 nitrogen and oxygen atoms in total. The van der Waals surface area contributed by atoms with Crippen molar-refractivity contribution in [3.05, 3.63) is 64.7 Å².